The van der Waals surface area contributed by atoms with E-state index in [1.165, 1.54) is 6.42 Å². The summed E-state index contributed by atoms with van der Waals surface area (Å²) in [7, 11) is -1.33. The highest BCUT2D eigenvalue weighted by Gasteiger charge is 2.27. The second-order valence-corrected chi connectivity index (χ2v) is 7.09. The molecular weight excluding hydrogens is 272 g/mol. The van der Waals surface area contributed by atoms with E-state index in [1.807, 2.05) is 11.8 Å². The predicted octanol–water partition coefficient (Wildman–Crippen LogP) is 2.09. The summed E-state index contributed by atoms with van der Waals surface area (Å²) < 4.78 is 12.6. The Bertz CT molecular complexity index is 525. The Kier molecular flexibility index (Phi) is 4.81. The highest BCUT2D eigenvalue weighted by Crippen LogP contribution is 2.21. The molecule has 0 saturated carbocycles. The highest BCUT2D eigenvalue weighted by atomic mass is 32.2. The third-order valence-corrected chi connectivity index (χ3v) is 5.49. The number of rotatable bonds is 3. The van der Waals surface area contributed by atoms with Crippen LogP contribution in [0.4, 0.5) is 5.69 Å². The molecule has 2 atom stereocenters. The predicted molar refractivity (Wildman–Crippen MR) is 81.9 cm³/mol. The maximum absolute atomic E-state index is 12.6. The monoisotopic (exact) mass is 294 g/mol. The first-order valence-electron chi connectivity index (χ1n) is 7.06. The molecule has 1 aliphatic heterocycles. The molecule has 2 N–H and O–H groups in total. The fourth-order valence-corrected chi connectivity index (χ4v) is 3.84. The number of nitrogens with two attached hydrogens (primary N) is 1. The molecule has 1 saturated heterocycles. The Hall–Kier alpha value is -1.36. The van der Waals surface area contributed by atoms with Crippen LogP contribution >= 0.6 is 0 Å². The first-order chi connectivity index (χ1) is 9.50. The van der Waals surface area contributed by atoms with Crippen molar-refractivity contribution in [1.82, 2.24) is 4.90 Å². The Morgan fingerprint density at radius 3 is 2.55 bits per heavy atom. The molecule has 1 fully saturated rings. The minimum absolute atomic E-state index is 0.000687. The van der Waals surface area contributed by atoms with Gasteiger partial charge in [0.2, 0.25) is 5.91 Å². The third-order valence-electron chi connectivity index (χ3n) is 3.75. The van der Waals surface area contributed by atoms with Gasteiger partial charge in [-0.3, -0.25) is 9.00 Å². The number of piperidine rings is 1. The lowest BCUT2D eigenvalue weighted by Crippen LogP contribution is -2.42. The van der Waals surface area contributed by atoms with Crippen molar-refractivity contribution in [2.45, 2.75) is 43.3 Å². The number of benzene rings is 1. The Morgan fingerprint density at radius 2 is 1.95 bits per heavy atom. The van der Waals surface area contributed by atoms with E-state index in [4.69, 9.17) is 5.73 Å². The Balaban J connectivity index is 2.13. The van der Waals surface area contributed by atoms with Gasteiger partial charge in [-0.25, -0.2) is 0 Å². The van der Waals surface area contributed by atoms with Crippen molar-refractivity contribution in [2.75, 3.05) is 18.8 Å². The van der Waals surface area contributed by atoms with Crippen LogP contribution in [0, 0.1) is 6.92 Å². The van der Waals surface area contributed by atoms with Gasteiger partial charge in [-0.1, -0.05) is 0 Å². The van der Waals surface area contributed by atoms with Crippen LogP contribution in [0.5, 0.6) is 0 Å². The van der Waals surface area contributed by atoms with Crippen molar-refractivity contribution < 1.29 is 9.00 Å². The number of nitrogens with zero attached hydrogens (tertiary/aromatic N) is 1. The van der Waals surface area contributed by atoms with Gasteiger partial charge in [-0.2, -0.15) is 0 Å². The van der Waals surface area contributed by atoms with Gasteiger partial charge in [0, 0.05) is 23.7 Å². The molecule has 1 aromatic carbocycles. The van der Waals surface area contributed by atoms with Crippen LogP contribution in [0.1, 0.15) is 31.7 Å². The number of hydrogen-bond acceptors (Lipinski definition) is 3. The van der Waals surface area contributed by atoms with E-state index in [0.29, 0.717) is 10.6 Å². The zero-order valence-corrected chi connectivity index (χ0v) is 12.9. The quantitative estimate of drug-likeness (QED) is 0.868. The number of aryl methyl sites for hydroxylation is 1. The molecule has 0 bridgehead atoms. The van der Waals surface area contributed by atoms with Gasteiger partial charge in [0.05, 0.1) is 10.8 Å². The number of anilines is 1. The lowest BCUT2D eigenvalue weighted by molar-refractivity contribution is -0.131. The maximum Gasteiger partial charge on any atom is 0.238 e. The second kappa shape index (κ2) is 6.39. The van der Waals surface area contributed by atoms with Crippen molar-refractivity contribution in [3.05, 3.63) is 23.8 Å². The SMILES string of the molecule is Cc1cc(N)ccc1S(=O)C(C)C(=O)N1CCCCC1. The molecule has 1 amide bonds. The summed E-state index contributed by atoms with van der Waals surface area (Å²) in [4.78, 5) is 15.0. The zero-order valence-electron chi connectivity index (χ0n) is 12.1. The fraction of sp³-hybridized carbons (Fsp3) is 0.533. The minimum atomic E-state index is -1.33. The van der Waals surface area contributed by atoms with Gasteiger partial charge in [-0.05, 0) is 56.9 Å². The molecule has 1 heterocycles. The lowest BCUT2D eigenvalue weighted by Gasteiger charge is -2.29. The summed E-state index contributed by atoms with van der Waals surface area (Å²) in [5, 5.41) is -0.504. The number of carbonyl (C=O) groups excluding carboxylic acids is 1. The van der Waals surface area contributed by atoms with Crippen LogP contribution < -0.4 is 5.73 Å². The number of nitrogen functional groups attached to an aromatic ring is 1. The number of hydrogen-bond donors (Lipinski definition) is 1. The van der Waals surface area contributed by atoms with E-state index in [2.05, 4.69) is 0 Å². The largest absolute Gasteiger partial charge is 0.399 e. The molecular formula is C15H22N2O2S. The van der Waals surface area contributed by atoms with Gasteiger partial charge in [0.25, 0.3) is 0 Å². The van der Waals surface area contributed by atoms with Crippen LogP contribution in [0.25, 0.3) is 0 Å². The topological polar surface area (TPSA) is 63.4 Å². The van der Waals surface area contributed by atoms with Crippen LogP contribution in [0.3, 0.4) is 0 Å². The van der Waals surface area contributed by atoms with E-state index in [0.717, 1.165) is 31.5 Å². The average molecular weight is 294 g/mol. The van der Waals surface area contributed by atoms with Gasteiger partial charge < -0.3 is 10.6 Å². The molecule has 110 valence electrons. The summed E-state index contributed by atoms with van der Waals surface area (Å²) in [6.45, 7) is 5.21. The normalized spacial score (nSPS) is 18.6. The molecule has 1 aliphatic rings. The van der Waals surface area contributed by atoms with E-state index < -0.39 is 16.0 Å². The summed E-state index contributed by atoms with van der Waals surface area (Å²) >= 11 is 0. The third kappa shape index (κ3) is 3.20. The van der Waals surface area contributed by atoms with Crippen molar-refractivity contribution in [1.29, 1.82) is 0 Å². The minimum Gasteiger partial charge on any atom is -0.399 e. The average Bonchev–Trinajstić information content (AvgIpc) is 2.46. The maximum atomic E-state index is 12.6. The van der Waals surface area contributed by atoms with Crippen LogP contribution in [-0.2, 0) is 15.6 Å². The second-order valence-electron chi connectivity index (χ2n) is 5.35. The lowest BCUT2D eigenvalue weighted by atomic mass is 10.1. The molecule has 5 heteroatoms. The summed E-state index contributed by atoms with van der Waals surface area (Å²) in [5.74, 6) is -0.000687. The summed E-state index contributed by atoms with van der Waals surface area (Å²) in [5.41, 5.74) is 7.23. The van der Waals surface area contributed by atoms with Gasteiger partial charge in [0.1, 0.15) is 5.25 Å². The summed E-state index contributed by atoms with van der Waals surface area (Å²) in [6, 6.07) is 5.30. The summed E-state index contributed by atoms with van der Waals surface area (Å²) in [6.07, 6.45) is 3.27. The standard InChI is InChI=1S/C15H22N2O2S/c1-11-10-13(16)6-7-14(11)20(19)12(2)15(18)17-8-4-3-5-9-17/h6-7,10,12H,3-5,8-9,16H2,1-2H3. The molecule has 0 aromatic heterocycles. The highest BCUT2D eigenvalue weighted by molar-refractivity contribution is 7.86. The Labute approximate surface area is 122 Å². The number of amides is 1. The first kappa shape index (κ1) is 15.0. The van der Waals surface area contributed by atoms with Crippen molar-refractivity contribution in [3.63, 3.8) is 0 Å². The van der Waals surface area contributed by atoms with Crippen molar-refractivity contribution in [2.24, 2.45) is 0 Å². The molecule has 2 rings (SSSR count). The first-order valence-corrected chi connectivity index (χ1v) is 8.27. The molecule has 1 aromatic rings. The molecule has 2 unspecified atom stereocenters. The van der Waals surface area contributed by atoms with Crippen molar-refractivity contribution in [3.8, 4) is 0 Å². The number of likely N-dealkylation sites (tertiary alicyclic amines) is 1. The zero-order chi connectivity index (χ0) is 14.7. The van der Waals surface area contributed by atoms with Gasteiger partial charge in [0.15, 0.2) is 0 Å². The van der Waals surface area contributed by atoms with Gasteiger partial charge in [-0.15, -0.1) is 0 Å². The molecule has 0 aliphatic carbocycles. The fourth-order valence-electron chi connectivity index (χ4n) is 2.55. The smallest absolute Gasteiger partial charge is 0.238 e. The molecule has 20 heavy (non-hydrogen) atoms. The van der Waals surface area contributed by atoms with E-state index >= 15 is 0 Å². The Morgan fingerprint density at radius 1 is 1.30 bits per heavy atom. The molecule has 0 spiro atoms. The van der Waals surface area contributed by atoms with Gasteiger partial charge >= 0.3 is 0 Å². The van der Waals surface area contributed by atoms with E-state index in [9.17, 15) is 9.00 Å². The molecule has 0 radical (unpaired) electrons. The van der Waals surface area contributed by atoms with Crippen LogP contribution in [-0.4, -0.2) is 33.4 Å². The van der Waals surface area contributed by atoms with Crippen LogP contribution in [0.15, 0.2) is 23.1 Å². The van der Waals surface area contributed by atoms with Crippen molar-refractivity contribution >= 4 is 22.4 Å². The van der Waals surface area contributed by atoms with E-state index in [1.54, 1.807) is 25.1 Å². The van der Waals surface area contributed by atoms with Crippen LogP contribution in [0.2, 0.25) is 0 Å². The van der Waals surface area contributed by atoms with E-state index in [-0.39, 0.29) is 5.91 Å². The molecule has 4 nitrogen and oxygen atoms in total. The number of carbonyl (C=O) groups is 1.